The maximum absolute atomic E-state index is 14.1. The first kappa shape index (κ1) is 27.6. The fourth-order valence-electron chi connectivity index (χ4n) is 6.90. The summed E-state index contributed by atoms with van der Waals surface area (Å²) in [7, 11) is -1.08. The molecule has 4 heterocycles. The van der Waals surface area contributed by atoms with Crippen molar-refractivity contribution in [2.45, 2.75) is 56.7 Å². The van der Waals surface area contributed by atoms with Crippen LogP contribution in [-0.2, 0) is 32.9 Å². The molecule has 0 saturated carbocycles. The highest BCUT2D eigenvalue weighted by Gasteiger charge is 2.65. The highest BCUT2D eigenvalue weighted by Crippen LogP contribution is 2.60. The summed E-state index contributed by atoms with van der Waals surface area (Å²) in [6, 6.07) is 13.0. The van der Waals surface area contributed by atoms with Crippen molar-refractivity contribution in [3.63, 3.8) is 0 Å². The number of carbonyl (C=O) groups excluding carboxylic acids is 2. The Morgan fingerprint density at radius 3 is 2.68 bits per heavy atom. The summed E-state index contributed by atoms with van der Waals surface area (Å²) in [5.41, 5.74) is 1.85. The van der Waals surface area contributed by atoms with E-state index in [4.69, 9.17) is 9.47 Å². The molecule has 11 nitrogen and oxygen atoms in total. The van der Waals surface area contributed by atoms with Gasteiger partial charge in [-0.2, -0.15) is 0 Å². The number of nitrogens with zero attached hydrogens (tertiary/aromatic N) is 5. The van der Waals surface area contributed by atoms with Crippen molar-refractivity contribution in [2.24, 2.45) is 5.92 Å². The van der Waals surface area contributed by atoms with Crippen LogP contribution in [0.15, 0.2) is 48.7 Å². The smallest absolute Gasteiger partial charge is 0.269 e. The van der Waals surface area contributed by atoms with E-state index >= 15 is 0 Å². The van der Waals surface area contributed by atoms with E-state index in [1.54, 1.807) is 27.7 Å². The number of fused-ring (bicyclic) bond motifs is 3. The molecule has 4 atom stereocenters. The molecule has 41 heavy (non-hydrogen) atoms. The normalized spacial score (nSPS) is 25.6. The third kappa shape index (κ3) is 4.36. The molecule has 3 aliphatic heterocycles. The van der Waals surface area contributed by atoms with E-state index in [0.717, 1.165) is 5.69 Å². The number of ether oxygens (including phenoxy) is 2. The second-order valence-corrected chi connectivity index (χ2v) is 15.6. The lowest BCUT2D eigenvalue weighted by atomic mass is 9.82. The lowest BCUT2D eigenvalue weighted by Crippen LogP contribution is -2.45. The molecule has 1 fully saturated rings. The van der Waals surface area contributed by atoms with Crippen LogP contribution in [0, 0.1) is 5.92 Å². The summed E-state index contributed by atoms with van der Waals surface area (Å²) < 4.78 is 14.2. The Hall–Kier alpha value is -3.58. The van der Waals surface area contributed by atoms with Crippen molar-refractivity contribution < 1.29 is 29.0 Å². The number of amides is 2. The van der Waals surface area contributed by atoms with Gasteiger partial charge in [0.25, 0.3) is 11.8 Å². The Bertz CT molecular complexity index is 1500. The third-order valence-corrected chi connectivity index (χ3v) is 11.2. The second kappa shape index (κ2) is 10.1. The topological polar surface area (TPSA) is 130 Å². The van der Waals surface area contributed by atoms with Crippen LogP contribution in [0.5, 0.6) is 5.75 Å². The second-order valence-electron chi connectivity index (χ2n) is 11.6. The predicted molar refractivity (Wildman–Crippen MR) is 154 cm³/mol. The number of aliphatic hydroxyl groups is 1. The molecule has 0 aliphatic carbocycles. The quantitative estimate of drug-likeness (QED) is 0.410. The van der Waals surface area contributed by atoms with Gasteiger partial charge in [-0.1, -0.05) is 24.3 Å². The first-order valence-electron chi connectivity index (χ1n) is 13.9. The number of anilines is 3. The van der Waals surface area contributed by atoms with Gasteiger partial charge in [-0.05, 0) is 49.8 Å². The largest absolute Gasteiger partial charge is 0.482 e. The van der Waals surface area contributed by atoms with E-state index < -0.39 is 20.0 Å². The summed E-state index contributed by atoms with van der Waals surface area (Å²) in [6.45, 7) is 6.18. The highest BCUT2D eigenvalue weighted by molar-refractivity contribution is 6.71. The number of para-hydroxylation sites is 2. The Labute approximate surface area is 239 Å². The molecular weight excluding hydrogens is 542 g/mol. The molecule has 216 valence electrons. The number of hydrogen-bond donors (Lipinski definition) is 2. The molecule has 0 bridgehead atoms. The van der Waals surface area contributed by atoms with Crippen LogP contribution >= 0.6 is 0 Å². The number of rotatable bonds is 7. The summed E-state index contributed by atoms with van der Waals surface area (Å²) in [5, 5.41) is 17.5. The molecule has 2 N–H and O–H groups in total. The first-order valence-corrected chi connectivity index (χ1v) is 17.0. The number of carbonyl (C=O) groups is 2. The Morgan fingerprint density at radius 1 is 1.15 bits per heavy atom. The zero-order valence-corrected chi connectivity index (χ0v) is 24.6. The van der Waals surface area contributed by atoms with Gasteiger partial charge in [0, 0.05) is 55.5 Å². The van der Waals surface area contributed by atoms with Gasteiger partial charge >= 0.3 is 0 Å². The van der Waals surface area contributed by atoms with Crippen LogP contribution in [0.2, 0.25) is 18.6 Å². The van der Waals surface area contributed by atoms with Crippen LogP contribution in [0.3, 0.4) is 0 Å². The van der Waals surface area contributed by atoms with E-state index in [2.05, 4.69) is 10.3 Å². The number of benzene rings is 2. The summed E-state index contributed by atoms with van der Waals surface area (Å²) in [4.78, 5) is 41.9. The molecule has 0 radical (unpaired) electrons. The lowest BCUT2D eigenvalue weighted by Gasteiger charge is -2.33. The van der Waals surface area contributed by atoms with Gasteiger partial charge < -0.3 is 24.3 Å². The molecule has 0 unspecified atom stereocenters. The van der Waals surface area contributed by atoms with E-state index in [-0.39, 0.29) is 36.5 Å². The van der Waals surface area contributed by atoms with Crippen LogP contribution in [0.4, 0.5) is 17.1 Å². The van der Waals surface area contributed by atoms with Gasteiger partial charge in [-0.3, -0.25) is 19.2 Å². The molecular formula is C29H35N5O6Si. The standard InChI is InChI=1S/C29H35N5O6Si/c1-18-27(41(3,4)38)25(11-13-33-16-19(12-14-35)30-31-33)40-29(18)21-15-20(9-10-22(21)32(2)28(29)37)34-23-7-5-6-8-24(23)39-17-26(34)36/h5-10,15-16,18,25,27,35,38H,11-14,17H2,1-4H3/t18-,25+,27-,29+/m0/s1. The van der Waals surface area contributed by atoms with Crippen molar-refractivity contribution in [3.05, 3.63) is 59.9 Å². The minimum atomic E-state index is -2.82. The fraction of sp³-hybridized carbons (Fsp3) is 0.448. The fourth-order valence-corrected chi connectivity index (χ4v) is 9.50. The monoisotopic (exact) mass is 577 g/mol. The molecule has 3 aromatic rings. The first-order chi connectivity index (χ1) is 19.6. The Balaban J connectivity index is 1.39. The highest BCUT2D eigenvalue weighted by atomic mass is 28.4. The van der Waals surface area contributed by atoms with Crippen molar-refractivity contribution in [1.29, 1.82) is 0 Å². The minimum absolute atomic E-state index is 0.00446. The van der Waals surface area contributed by atoms with Gasteiger partial charge in [-0.25, -0.2) is 0 Å². The predicted octanol–water partition coefficient (Wildman–Crippen LogP) is 2.73. The SMILES string of the molecule is C[C@H]1[C@H]([Si](C)(C)O)[C@@H](CCn2cc(CCO)nn2)O[C@]12C(=O)N(C)c1ccc(N3C(=O)COc4ccccc43)cc12. The zero-order chi connectivity index (χ0) is 29.1. The molecule has 1 aromatic heterocycles. The van der Waals surface area contributed by atoms with Gasteiger partial charge in [-0.15, -0.1) is 5.10 Å². The summed E-state index contributed by atoms with van der Waals surface area (Å²) in [6.07, 6.45) is 2.35. The number of hydrogen-bond acceptors (Lipinski definition) is 8. The van der Waals surface area contributed by atoms with Crippen LogP contribution < -0.4 is 14.5 Å². The molecule has 1 saturated heterocycles. The van der Waals surface area contributed by atoms with Crippen LogP contribution in [0.1, 0.15) is 24.6 Å². The Morgan fingerprint density at radius 2 is 1.93 bits per heavy atom. The molecule has 1 spiro atoms. The number of likely N-dealkylation sites (N-methyl/N-ethyl adjacent to an activating group) is 1. The van der Waals surface area contributed by atoms with Crippen molar-refractivity contribution >= 4 is 37.2 Å². The van der Waals surface area contributed by atoms with E-state index in [9.17, 15) is 19.5 Å². The zero-order valence-electron chi connectivity index (χ0n) is 23.6. The van der Waals surface area contributed by atoms with Gasteiger partial charge in [0.1, 0.15) is 5.75 Å². The molecule has 2 aromatic carbocycles. The molecule has 12 heteroatoms. The van der Waals surface area contributed by atoms with E-state index in [1.165, 1.54) is 0 Å². The average Bonchev–Trinajstić information content (AvgIpc) is 3.58. The minimum Gasteiger partial charge on any atom is -0.482 e. The molecule has 2 amide bonds. The maximum atomic E-state index is 14.1. The van der Waals surface area contributed by atoms with Gasteiger partial charge in [0.05, 0.1) is 23.2 Å². The molecule has 6 rings (SSSR count). The van der Waals surface area contributed by atoms with E-state index in [1.807, 2.05) is 62.5 Å². The number of aryl methyl sites for hydroxylation is 1. The third-order valence-electron chi connectivity index (χ3n) is 8.66. The van der Waals surface area contributed by atoms with E-state index in [0.29, 0.717) is 47.8 Å². The van der Waals surface area contributed by atoms with Gasteiger partial charge in [0.2, 0.25) is 0 Å². The van der Waals surface area contributed by atoms with Crippen LogP contribution in [-0.4, -0.2) is 71.4 Å². The lowest BCUT2D eigenvalue weighted by molar-refractivity contribution is -0.145. The summed E-state index contributed by atoms with van der Waals surface area (Å²) >= 11 is 0. The maximum Gasteiger partial charge on any atom is 0.269 e. The number of aliphatic hydroxyl groups excluding tert-OH is 1. The summed E-state index contributed by atoms with van der Waals surface area (Å²) in [5.74, 6) is -0.0881. The van der Waals surface area contributed by atoms with Crippen molar-refractivity contribution in [3.8, 4) is 5.75 Å². The Kier molecular flexibility index (Phi) is 6.76. The van der Waals surface area contributed by atoms with Crippen LogP contribution in [0.25, 0.3) is 0 Å². The molecule has 3 aliphatic rings. The van der Waals surface area contributed by atoms with Crippen molar-refractivity contribution in [1.82, 2.24) is 15.0 Å². The average molecular weight is 578 g/mol. The number of aromatic nitrogens is 3. The van der Waals surface area contributed by atoms with Gasteiger partial charge in [0.15, 0.2) is 20.5 Å². The van der Waals surface area contributed by atoms with Crippen molar-refractivity contribution in [2.75, 3.05) is 30.1 Å².